The number of halogens is 1. The number of benzene rings is 1. The molecule has 138 valence electrons. The molecule has 2 heterocycles. The first-order valence-corrected chi connectivity index (χ1v) is 9.99. The summed E-state index contributed by atoms with van der Waals surface area (Å²) in [6, 6.07) is 8.38. The smallest absolute Gasteiger partial charge is 0.275 e. The van der Waals surface area contributed by atoms with Crippen LogP contribution in [-0.4, -0.2) is 64.3 Å². The molecular formula is C19H31ClN4O+2. The van der Waals surface area contributed by atoms with Gasteiger partial charge in [0.2, 0.25) is 0 Å². The lowest BCUT2D eigenvalue weighted by Gasteiger charge is -2.34. The summed E-state index contributed by atoms with van der Waals surface area (Å²) in [7, 11) is 0. The van der Waals surface area contributed by atoms with Gasteiger partial charge in [0.1, 0.15) is 0 Å². The Labute approximate surface area is 155 Å². The van der Waals surface area contributed by atoms with Crippen molar-refractivity contribution in [1.82, 2.24) is 5.32 Å². The quantitative estimate of drug-likeness (QED) is 0.640. The highest BCUT2D eigenvalue weighted by molar-refractivity contribution is 6.33. The van der Waals surface area contributed by atoms with Crippen LogP contribution in [0.15, 0.2) is 24.3 Å². The number of piperidine rings is 1. The molecule has 0 atom stereocenters. The number of anilines is 1. The van der Waals surface area contributed by atoms with Crippen molar-refractivity contribution in [2.24, 2.45) is 0 Å². The summed E-state index contributed by atoms with van der Waals surface area (Å²) >= 11 is 6.29. The predicted octanol–water partition coefficient (Wildman–Crippen LogP) is -0.772. The molecule has 3 rings (SSSR count). The van der Waals surface area contributed by atoms with Crippen LogP contribution in [0.5, 0.6) is 0 Å². The average molecular weight is 367 g/mol. The number of rotatable bonds is 5. The number of hydrogen-bond acceptors (Lipinski definition) is 2. The van der Waals surface area contributed by atoms with Crippen LogP contribution in [0.25, 0.3) is 0 Å². The van der Waals surface area contributed by atoms with Crippen molar-refractivity contribution < 1.29 is 14.6 Å². The first-order chi connectivity index (χ1) is 12.2. The summed E-state index contributed by atoms with van der Waals surface area (Å²) in [5, 5.41) is 4.06. The van der Waals surface area contributed by atoms with Gasteiger partial charge in [-0.2, -0.15) is 0 Å². The molecule has 2 fully saturated rings. The van der Waals surface area contributed by atoms with E-state index in [1.165, 1.54) is 24.5 Å². The summed E-state index contributed by atoms with van der Waals surface area (Å²) in [5.74, 6) is 0.214. The van der Waals surface area contributed by atoms with Crippen LogP contribution in [0.3, 0.4) is 0 Å². The third-order valence-electron chi connectivity index (χ3n) is 5.63. The van der Waals surface area contributed by atoms with E-state index in [1.54, 1.807) is 4.90 Å². The van der Waals surface area contributed by atoms with Gasteiger partial charge in [-0.05, 0) is 19.1 Å². The first-order valence-electron chi connectivity index (χ1n) is 9.61. The molecule has 2 saturated heterocycles. The van der Waals surface area contributed by atoms with Crippen LogP contribution in [-0.2, 0) is 4.79 Å². The normalized spacial score (nSPS) is 25.0. The number of nitrogens with one attached hydrogen (secondary N) is 3. The second-order valence-electron chi connectivity index (χ2n) is 7.31. The highest BCUT2D eigenvalue weighted by Gasteiger charge is 2.26. The molecule has 2 aliphatic rings. The molecule has 1 aromatic carbocycles. The molecule has 0 radical (unpaired) electrons. The predicted molar refractivity (Wildman–Crippen MR) is 102 cm³/mol. The van der Waals surface area contributed by atoms with Crippen LogP contribution < -0.4 is 20.0 Å². The van der Waals surface area contributed by atoms with Gasteiger partial charge in [-0.1, -0.05) is 23.7 Å². The fraction of sp³-hybridized carbons (Fsp3) is 0.632. The van der Waals surface area contributed by atoms with Crippen LogP contribution in [0, 0.1) is 0 Å². The third kappa shape index (κ3) is 5.09. The molecule has 5 nitrogen and oxygen atoms in total. The van der Waals surface area contributed by atoms with E-state index in [9.17, 15) is 4.79 Å². The third-order valence-corrected chi connectivity index (χ3v) is 5.95. The van der Waals surface area contributed by atoms with Gasteiger partial charge >= 0.3 is 0 Å². The molecule has 2 aliphatic heterocycles. The first kappa shape index (κ1) is 18.5. The Morgan fingerprint density at radius 1 is 1.16 bits per heavy atom. The maximum Gasteiger partial charge on any atom is 0.275 e. The molecule has 3 N–H and O–H groups in total. The number of para-hydroxylation sites is 1. The summed E-state index contributed by atoms with van der Waals surface area (Å²) in [5.41, 5.74) is 1.11. The highest BCUT2D eigenvalue weighted by atomic mass is 35.5. The van der Waals surface area contributed by atoms with Gasteiger partial charge in [0.05, 0.1) is 56.5 Å². The summed E-state index contributed by atoms with van der Waals surface area (Å²) in [6.45, 7) is 10.3. The van der Waals surface area contributed by atoms with Gasteiger partial charge in [0.15, 0.2) is 6.54 Å². The van der Waals surface area contributed by atoms with Crippen LogP contribution in [0.2, 0.25) is 5.02 Å². The topological polar surface area (TPSA) is 41.2 Å². The molecule has 6 heteroatoms. The number of carbonyl (C=O) groups is 1. The second-order valence-corrected chi connectivity index (χ2v) is 7.72. The minimum Gasteiger partial charge on any atom is -0.359 e. The van der Waals surface area contributed by atoms with Crippen LogP contribution in [0.4, 0.5) is 5.69 Å². The maximum absolute atomic E-state index is 12.4. The molecule has 0 saturated carbocycles. The summed E-state index contributed by atoms with van der Waals surface area (Å²) in [4.78, 5) is 17.7. The van der Waals surface area contributed by atoms with Gasteiger partial charge in [-0.25, -0.2) is 0 Å². The number of likely N-dealkylation sites (tertiary alicyclic amines) is 1. The van der Waals surface area contributed by atoms with Gasteiger partial charge in [0.25, 0.3) is 5.91 Å². The van der Waals surface area contributed by atoms with Crippen molar-refractivity contribution in [1.29, 1.82) is 0 Å². The zero-order valence-corrected chi connectivity index (χ0v) is 15.9. The zero-order valence-electron chi connectivity index (χ0n) is 15.2. The molecule has 0 bridgehead atoms. The molecule has 0 spiro atoms. The lowest BCUT2D eigenvalue weighted by atomic mass is 10.1. The Balaban J connectivity index is 1.40. The number of carbonyl (C=O) groups excluding carboxylic acids is 1. The van der Waals surface area contributed by atoms with Crippen LogP contribution >= 0.6 is 11.6 Å². The molecular weight excluding hydrogens is 336 g/mol. The van der Waals surface area contributed by atoms with E-state index in [1.807, 2.05) is 18.2 Å². The fourth-order valence-corrected chi connectivity index (χ4v) is 4.23. The highest BCUT2D eigenvalue weighted by Crippen LogP contribution is 2.24. The fourth-order valence-electron chi connectivity index (χ4n) is 3.98. The standard InChI is InChI=1S/C19H29ClN4O/c1-2-22-9-7-16(8-10-22)21-19(25)15-23-11-13-24(14-12-23)18-6-4-3-5-17(18)20/h3-6,16H,2,7-15H2,1H3,(H,21,25)/p+2. The summed E-state index contributed by atoms with van der Waals surface area (Å²) in [6.07, 6.45) is 2.23. The monoisotopic (exact) mass is 366 g/mol. The van der Waals surface area contributed by atoms with E-state index in [2.05, 4.69) is 23.2 Å². The maximum atomic E-state index is 12.4. The Morgan fingerprint density at radius 3 is 2.48 bits per heavy atom. The van der Waals surface area contributed by atoms with E-state index in [0.717, 1.165) is 49.7 Å². The molecule has 0 aromatic heterocycles. The number of quaternary nitrogens is 2. The minimum atomic E-state index is 0.214. The summed E-state index contributed by atoms with van der Waals surface area (Å²) < 4.78 is 0. The van der Waals surface area contributed by atoms with Crippen molar-refractivity contribution in [2.45, 2.75) is 25.8 Å². The number of hydrogen-bond donors (Lipinski definition) is 3. The second kappa shape index (κ2) is 8.88. The van der Waals surface area contributed by atoms with Crippen molar-refractivity contribution in [3.63, 3.8) is 0 Å². The Kier molecular flexibility index (Phi) is 6.57. The van der Waals surface area contributed by atoms with Crippen molar-refractivity contribution >= 4 is 23.2 Å². The minimum absolute atomic E-state index is 0.214. The van der Waals surface area contributed by atoms with Gasteiger partial charge < -0.3 is 20.0 Å². The van der Waals surface area contributed by atoms with E-state index in [4.69, 9.17) is 11.6 Å². The largest absolute Gasteiger partial charge is 0.359 e. The van der Waals surface area contributed by atoms with Gasteiger partial charge in [0, 0.05) is 18.9 Å². The van der Waals surface area contributed by atoms with E-state index in [0.29, 0.717) is 12.6 Å². The van der Waals surface area contributed by atoms with Gasteiger partial charge in [-0.15, -0.1) is 0 Å². The molecule has 1 aromatic rings. The zero-order chi connectivity index (χ0) is 17.6. The van der Waals surface area contributed by atoms with E-state index >= 15 is 0 Å². The molecule has 0 aliphatic carbocycles. The molecule has 25 heavy (non-hydrogen) atoms. The number of piperazine rings is 1. The van der Waals surface area contributed by atoms with E-state index < -0.39 is 0 Å². The number of nitrogens with zero attached hydrogens (tertiary/aromatic N) is 1. The van der Waals surface area contributed by atoms with Crippen molar-refractivity contribution in [3.8, 4) is 0 Å². The van der Waals surface area contributed by atoms with E-state index in [-0.39, 0.29) is 5.91 Å². The average Bonchev–Trinajstić information content (AvgIpc) is 2.63. The van der Waals surface area contributed by atoms with Gasteiger partial charge in [-0.3, -0.25) is 4.79 Å². The lowest BCUT2D eigenvalue weighted by Crippen LogP contribution is -3.16. The van der Waals surface area contributed by atoms with Crippen LogP contribution in [0.1, 0.15) is 19.8 Å². The molecule has 0 unspecified atom stereocenters. The Morgan fingerprint density at radius 2 is 1.84 bits per heavy atom. The lowest BCUT2D eigenvalue weighted by molar-refractivity contribution is -0.903. The SMILES string of the molecule is CC[NH+]1CCC(NC(=O)C[NH+]2CCN(c3ccccc3Cl)CC2)CC1. The van der Waals surface area contributed by atoms with Crippen molar-refractivity contribution in [2.75, 3.05) is 57.3 Å². The van der Waals surface area contributed by atoms with Crippen molar-refractivity contribution in [3.05, 3.63) is 29.3 Å². The Hall–Kier alpha value is -1.30. The Bertz CT molecular complexity index is 566. The number of amides is 1. The molecule has 1 amide bonds.